The SMILES string of the molecule is CC(=O)c1cccn(CCN2CCC2)c1=O. The number of likely N-dealkylation sites (tertiary alicyclic amines) is 1. The van der Waals surface area contributed by atoms with Crippen LogP contribution >= 0.6 is 0 Å². The number of hydrogen-bond donors (Lipinski definition) is 0. The van der Waals surface area contributed by atoms with Gasteiger partial charge in [-0.1, -0.05) is 0 Å². The first-order valence-corrected chi connectivity index (χ1v) is 5.61. The monoisotopic (exact) mass is 220 g/mol. The molecule has 2 rings (SSSR count). The zero-order valence-corrected chi connectivity index (χ0v) is 9.48. The van der Waals surface area contributed by atoms with E-state index in [0.29, 0.717) is 6.54 Å². The Hall–Kier alpha value is -1.42. The number of carbonyl (C=O) groups is 1. The zero-order chi connectivity index (χ0) is 11.5. The number of pyridine rings is 1. The van der Waals surface area contributed by atoms with Gasteiger partial charge in [-0.05, 0) is 38.6 Å². The minimum absolute atomic E-state index is 0.164. The van der Waals surface area contributed by atoms with E-state index in [1.807, 2.05) is 0 Å². The summed E-state index contributed by atoms with van der Waals surface area (Å²) >= 11 is 0. The van der Waals surface area contributed by atoms with Crippen LogP contribution in [-0.2, 0) is 6.54 Å². The van der Waals surface area contributed by atoms with E-state index in [1.54, 1.807) is 22.9 Å². The average Bonchev–Trinajstić information content (AvgIpc) is 2.17. The molecule has 0 N–H and O–H groups in total. The molecule has 1 fully saturated rings. The quantitative estimate of drug-likeness (QED) is 0.703. The molecule has 0 aromatic carbocycles. The summed E-state index contributed by atoms with van der Waals surface area (Å²) in [6.45, 7) is 5.24. The molecule has 16 heavy (non-hydrogen) atoms. The Kier molecular flexibility index (Phi) is 3.19. The van der Waals surface area contributed by atoms with Gasteiger partial charge < -0.3 is 9.47 Å². The second-order valence-electron chi connectivity index (χ2n) is 4.17. The Morgan fingerprint density at radius 1 is 1.38 bits per heavy atom. The third kappa shape index (κ3) is 2.22. The minimum atomic E-state index is -0.171. The molecule has 0 saturated carbocycles. The lowest BCUT2D eigenvalue weighted by molar-refractivity contribution is 0.101. The Bertz CT molecular complexity index is 447. The van der Waals surface area contributed by atoms with Gasteiger partial charge in [0.05, 0.1) is 5.56 Å². The van der Waals surface area contributed by atoms with E-state index in [1.165, 1.54) is 13.3 Å². The summed E-state index contributed by atoms with van der Waals surface area (Å²) in [5.74, 6) is -0.164. The lowest BCUT2D eigenvalue weighted by atomic mass is 10.2. The van der Waals surface area contributed by atoms with Gasteiger partial charge >= 0.3 is 0 Å². The smallest absolute Gasteiger partial charge is 0.261 e. The normalized spacial score (nSPS) is 15.8. The van der Waals surface area contributed by atoms with Crippen molar-refractivity contribution in [2.75, 3.05) is 19.6 Å². The highest BCUT2D eigenvalue weighted by molar-refractivity contribution is 5.93. The maximum absolute atomic E-state index is 11.9. The van der Waals surface area contributed by atoms with Crippen molar-refractivity contribution in [1.29, 1.82) is 0 Å². The zero-order valence-electron chi connectivity index (χ0n) is 9.48. The lowest BCUT2D eigenvalue weighted by Crippen LogP contribution is -2.40. The third-order valence-electron chi connectivity index (χ3n) is 3.01. The predicted octanol–water partition coefficient (Wildman–Crippen LogP) is 0.757. The molecular formula is C12H16N2O2. The molecule has 4 heteroatoms. The molecule has 86 valence electrons. The fourth-order valence-electron chi connectivity index (χ4n) is 1.84. The van der Waals surface area contributed by atoms with Crippen LogP contribution in [0.25, 0.3) is 0 Å². The largest absolute Gasteiger partial charge is 0.314 e. The molecule has 1 aliphatic rings. The third-order valence-corrected chi connectivity index (χ3v) is 3.01. The fourth-order valence-corrected chi connectivity index (χ4v) is 1.84. The van der Waals surface area contributed by atoms with Gasteiger partial charge in [0, 0.05) is 19.3 Å². The first kappa shape index (κ1) is 11.1. The highest BCUT2D eigenvalue weighted by atomic mass is 16.1. The molecular weight excluding hydrogens is 204 g/mol. The van der Waals surface area contributed by atoms with Crippen LogP contribution < -0.4 is 5.56 Å². The topological polar surface area (TPSA) is 42.3 Å². The Morgan fingerprint density at radius 3 is 2.69 bits per heavy atom. The van der Waals surface area contributed by atoms with E-state index in [0.717, 1.165) is 19.6 Å². The molecule has 1 saturated heterocycles. The van der Waals surface area contributed by atoms with Gasteiger partial charge in [-0.25, -0.2) is 0 Å². The number of rotatable bonds is 4. The van der Waals surface area contributed by atoms with Crippen molar-refractivity contribution in [3.63, 3.8) is 0 Å². The van der Waals surface area contributed by atoms with Crippen LogP contribution in [-0.4, -0.2) is 34.9 Å². The maximum atomic E-state index is 11.9. The molecule has 2 heterocycles. The van der Waals surface area contributed by atoms with Crippen molar-refractivity contribution in [2.24, 2.45) is 0 Å². The van der Waals surface area contributed by atoms with Crippen LogP contribution in [0.1, 0.15) is 23.7 Å². The van der Waals surface area contributed by atoms with Gasteiger partial charge in [0.1, 0.15) is 0 Å². The van der Waals surface area contributed by atoms with E-state index in [2.05, 4.69) is 4.90 Å². The number of nitrogens with zero attached hydrogens (tertiary/aromatic N) is 2. The summed E-state index contributed by atoms with van der Waals surface area (Å²) in [4.78, 5) is 25.4. The van der Waals surface area contributed by atoms with Gasteiger partial charge in [0.15, 0.2) is 5.78 Å². The van der Waals surface area contributed by atoms with E-state index < -0.39 is 0 Å². The fraction of sp³-hybridized carbons (Fsp3) is 0.500. The molecule has 1 aromatic rings. The predicted molar refractivity (Wildman–Crippen MR) is 61.8 cm³/mol. The van der Waals surface area contributed by atoms with Gasteiger partial charge in [-0.15, -0.1) is 0 Å². The van der Waals surface area contributed by atoms with Gasteiger partial charge in [-0.3, -0.25) is 9.59 Å². The highest BCUT2D eigenvalue weighted by Gasteiger charge is 2.13. The molecule has 0 bridgehead atoms. The molecule has 0 aliphatic carbocycles. The van der Waals surface area contributed by atoms with Crippen molar-refractivity contribution < 1.29 is 4.79 Å². The summed E-state index contributed by atoms with van der Waals surface area (Å²) < 4.78 is 1.62. The van der Waals surface area contributed by atoms with E-state index in [9.17, 15) is 9.59 Å². The van der Waals surface area contributed by atoms with E-state index in [4.69, 9.17) is 0 Å². The van der Waals surface area contributed by atoms with Crippen LogP contribution in [0.2, 0.25) is 0 Å². The summed E-state index contributed by atoms with van der Waals surface area (Å²) in [6.07, 6.45) is 3.00. The Balaban J connectivity index is 2.11. The molecule has 0 spiro atoms. The minimum Gasteiger partial charge on any atom is -0.314 e. The number of ketones is 1. The van der Waals surface area contributed by atoms with Crippen molar-refractivity contribution >= 4 is 5.78 Å². The van der Waals surface area contributed by atoms with Crippen LogP contribution in [0.5, 0.6) is 0 Å². The van der Waals surface area contributed by atoms with Crippen LogP contribution in [0.15, 0.2) is 23.1 Å². The second kappa shape index (κ2) is 4.61. The number of carbonyl (C=O) groups excluding carboxylic acids is 1. The highest BCUT2D eigenvalue weighted by Crippen LogP contribution is 2.04. The lowest BCUT2D eigenvalue weighted by Gasteiger charge is -2.30. The van der Waals surface area contributed by atoms with Crippen molar-refractivity contribution in [2.45, 2.75) is 19.9 Å². The molecule has 1 aromatic heterocycles. The van der Waals surface area contributed by atoms with Crippen LogP contribution in [0.3, 0.4) is 0 Å². The van der Waals surface area contributed by atoms with Crippen molar-refractivity contribution in [3.8, 4) is 0 Å². The maximum Gasteiger partial charge on any atom is 0.261 e. The van der Waals surface area contributed by atoms with E-state index >= 15 is 0 Å². The summed E-state index contributed by atoms with van der Waals surface area (Å²) in [6, 6.07) is 3.35. The first-order valence-electron chi connectivity index (χ1n) is 5.61. The van der Waals surface area contributed by atoms with Gasteiger partial charge in [-0.2, -0.15) is 0 Å². The first-order chi connectivity index (χ1) is 7.68. The summed E-state index contributed by atoms with van der Waals surface area (Å²) in [5.41, 5.74) is 0.113. The Labute approximate surface area is 94.5 Å². The van der Waals surface area contributed by atoms with Crippen LogP contribution in [0.4, 0.5) is 0 Å². The molecule has 4 nitrogen and oxygen atoms in total. The molecule has 0 radical (unpaired) electrons. The average molecular weight is 220 g/mol. The number of aromatic nitrogens is 1. The molecule has 0 amide bonds. The molecule has 0 atom stereocenters. The van der Waals surface area contributed by atoms with Gasteiger partial charge in [0.25, 0.3) is 5.56 Å². The standard InChI is InChI=1S/C12H16N2O2/c1-10(15)11-4-2-7-14(12(11)16)9-8-13-5-3-6-13/h2,4,7H,3,5-6,8-9H2,1H3. The summed E-state index contributed by atoms with van der Waals surface area (Å²) in [7, 11) is 0. The van der Waals surface area contributed by atoms with E-state index in [-0.39, 0.29) is 16.9 Å². The summed E-state index contributed by atoms with van der Waals surface area (Å²) in [5, 5.41) is 0. The van der Waals surface area contributed by atoms with Crippen molar-refractivity contribution in [1.82, 2.24) is 9.47 Å². The van der Waals surface area contributed by atoms with Crippen LogP contribution in [0, 0.1) is 0 Å². The molecule has 0 unspecified atom stereocenters. The Morgan fingerprint density at radius 2 is 2.12 bits per heavy atom. The van der Waals surface area contributed by atoms with Gasteiger partial charge in [0.2, 0.25) is 0 Å². The number of hydrogen-bond acceptors (Lipinski definition) is 3. The number of Topliss-reactive ketones (excluding diaryl/α,β-unsaturated/α-hetero) is 1. The van der Waals surface area contributed by atoms with Crippen molar-refractivity contribution in [3.05, 3.63) is 34.2 Å². The molecule has 1 aliphatic heterocycles. The second-order valence-corrected chi connectivity index (χ2v) is 4.17.